The third-order valence-electron chi connectivity index (χ3n) is 2.90. The van der Waals surface area contributed by atoms with Crippen LogP contribution in [-0.2, 0) is 0 Å². The first-order valence-electron chi connectivity index (χ1n) is 6.80. The molecule has 0 aliphatic heterocycles. The second-order valence-electron chi connectivity index (χ2n) is 5.11. The van der Waals surface area contributed by atoms with Crippen molar-refractivity contribution < 1.29 is 9.53 Å². The van der Waals surface area contributed by atoms with Crippen LogP contribution in [0.1, 0.15) is 29.8 Å². The molecule has 0 radical (unpaired) electrons. The largest absolute Gasteiger partial charge is 0.491 e. The van der Waals surface area contributed by atoms with Crippen molar-refractivity contribution in [3.63, 3.8) is 0 Å². The number of halogens is 1. The lowest BCUT2D eigenvalue weighted by Gasteiger charge is -2.13. The second kappa shape index (κ2) is 6.93. The van der Waals surface area contributed by atoms with E-state index in [9.17, 15) is 4.79 Å². The van der Waals surface area contributed by atoms with E-state index >= 15 is 0 Å². The lowest BCUT2D eigenvalue weighted by Crippen LogP contribution is -2.13. The highest BCUT2D eigenvalue weighted by Gasteiger charge is 2.09. The number of ether oxygens (including phenoxy) is 1. The van der Waals surface area contributed by atoms with Crippen molar-refractivity contribution in [3.05, 3.63) is 57.2 Å². The first-order valence-corrected chi connectivity index (χ1v) is 7.88. The number of hydrogen-bond acceptors (Lipinski definition) is 2. The van der Waals surface area contributed by atoms with Gasteiger partial charge in [0.05, 0.1) is 6.10 Å². The van der Waals surface area contributed by atoms with E-state index in [1.807, 2.05) is 63.2 Å². The van der Waals surface area contributed by atoms with Gasteiger partial charge in [-0.1, -0.05) is 6.07 Å². The summed E-state index contributed by atoms with van der Waals surface area (Å²) in [5.74, 6) is 0.712. The van der Waals surface area contributed by atoms with Crippen LogP contribution in [0.25, 0.3) is 0 Å². The van der Waals surface area contributed by atoms with Gasteiger partial charge in [-0.15, -0.1) is 0 Å². The van der Waals surface area contributed by atoms with Gasteiger partial charge in [-0.3, -0.25) is 4.79 Å². The van der Waals surface area contributed by atoms with E-state index in [4.69, 9.17) is 4.74 Å². The minimum Gasteiger partial charge on any atom is -0.491 e. The van der Waals surface area contributed by atoms with Gasteiger partial charge in [-0.2, -0.15) is 0 Å². The van der Waals surface area contributed by atoms with Crippen LogP contribution in [-0.4, -0.2) is 12.0 Å². The van der Waals surface area contributed by atoms with Crippen LogP contribution in [0.15, 0.2) is 42.5 Å². The summed E-state index contributed by atoms with van der Waals surface area (Å²) < 4.78 is 6.68. The molecule has 2 rings (SSSR count). The van der Waals surface area contributed by atoms with Crippen LogP contribution in [0.5, 0.6) is 5.75 Å². The highest BCUT2D eigenvalue weighted by molar-refractivity contribution is 14.1. The monoisotopic (exact) mass is 395 g/mol. The Morgan fingerprint density at radius 1 is 1.19 bits per heavy atom. The van der Waals surface area contributed by atoms with Gasteiger partial charge in [0.15, 0.2) is 0 Å². The van der Waals surface area contributed by atoms with E-state index in [1.165, 1.54) is 0 Å². The van der Waals surface area contributed by atoms with Crippen LogP contribution in [0.4, 0.5) is 5.69 Å². The summed E-state index contributed by atoms with van der Waals surface area (Å²) in [6, 6.07) is 13.2. The van der Waals surface area contributed by atoms with E-state index in [2.05, 4.69) is 27.9 Å². The Labute approximate surface area is 138 Å². The normalized spacial score (nSPS) is 10.5. The summed E-state index contributed by atoms with van der Waals surface area (Å²) in [5.41, 5.74) is 2.44. The summed E-state index contributed by atoms with van der Waals surface area (Å²) in [6.45, 7) is 5.93. The van der Waals surface area contributed by atoms with Crippen LogP contribution >= 0.6 is 22.6 Å². The summed E-state index contributed by atoms with van der Waals surface area (Å²) in [4.78, 5) is 12.2. The summed E-state index contributed by atoms with van der Waals surface area (Å²) in [7, 11) is 0. The molecule has 0 aliphatic carbocycles. The molecule has 4 heteroatoms. The maximum absolute atomic E-state index is 12.2. The molecule has 0 aromatic heterocycles. The first-order chi connectivity index (χ1) is 9.95. The highest BCUT2D eigenvalue weighted by atomic mass is 127. The van der Waals surface area contributed by atoms with Crippen molar-refractivity contribution in [2.75, 3.05) is 5.32 Å². The zero-order valence-electron chi connectivity index (χ0n) is 12.3. The Kier molecular flexibility index (Phi) is 5.22. The molecule has 0 atom stereocenters. The smallest absolute Gasteiger partial charge is 0.255 e. The molecule has 3 nitrogen and oxygen atoms in total. The minimum absolute atomic E-state index is 0.103. The van der Waals surface area contributed by atoms with E-state index in [1.54, 1.807) is 0 Å². The number of rotatable bonds is 4. The zero-order valence-corrected chi connectivity index (χ0v) is 14.5. The maximum Gasteiger partial charge on any atom is 0.255 e. The third-order valence-corrected chi connectivity index (χ3v) is 3.58. The molecule has 110 valence electrons. The van der Waals surface area contributed by atoms with Crippen molar-refractivity contribution in [1.29, 1.82) is 0 Å². The van der Waals surface area contributed by atoms with Crippen LogP contribution in [0, 0.1) is 10.5 Å². The molecule has 1 N–H and O–H groups in total. The number of nitrogens with one attached hydrogen (secondary N) is 1. The zero-order chi connectivity index (χ0) is 15.4. The predicted octanol–water partition coefficient (Wildman–Crippen LogP) is 4.64. The summed E-state index contributed by atoms with van der Waals surface area (Å²) in [6.07, 6.45) is 0.135. The van der Waals surface area contributed by atoms with Gasteiger partial charge in [0.2, 0.25) is 0 Å². The number of anilines is 1. The minimum atomic E-state index is -0.103. The molecule has 2 aromatic rings. The third kappa shape index (κ3) is 4.46. The summed E-state index contributed by atoms with van der Waals surface area (Å²) >= 11 is 2.20. The number of hydrogen-bond donors (Lipinski definition) is 1. The number of benzene rings is 2. The van der Waals surface area contributed by atoms with Crippen molar-refractivity contribution in [1.82, 2.24) is 0 Å². The molecule has 0 spiro atoms. The molecule has 21 heavy (non-hydrogen) atoms. The first kappa shape index (κ1) is 15.8. The van der Waals surface area contributed by atoms with Gasteiger partial charge in [0.1, 0.15) is 5.75 Å². The number of carbonyl (C=O) groups is 1. The summed E-state index contributed by atoms with van der Waals surface area (Å²) in [5, 5.41) is 2.94. The molecular formula is C17H18INO2. The Hall–Kier alpha value is -1.56. The molecule has 0 bridgehead atoms. The fourth-order valence-corrected chi connectivity index (χ4v) is 2.49. The Morgan fingerprint density at radius 2 is 1.95 bits per heavy atom. The lowest BCUT2D eigenvalue weighted by atomic mass is 10.1. The van der Waals surface area contributed by atoms with Gasteiger partial charge >= 0.3 is 0 Å². The molecule has 0 saturated carbocycles. The topological polar surface area (TPSA) is 38.3 Å². The van der Waals surface area contributed by atoms with Gasteiger partial charge in [-0.25, -0.2) is 0 Å². The quantitative estimate of drug-likeness (QED) is 0.767. The average molecular weight is 395 g/mol. The highest BCUT2D eigenvalue weighted by Crippen LogP contribution is 2.23. The molecule has 0 saturated heterocycles. The number of aryl methyl sites for hydroxylation is 1. The van der Waals surface area contributed by atoms with Gasteiger partial charge in [0.25, 0.3) is 5.91 Å². The van der Waals surface area contributed by atoms with Gasteiger partial charge in [-0.05, 0) is 85.3 Å². The average Bonchev–Trinajstić information content (AvgIpc) is 2.41. The number of amides is 1. The molecule has 0 aliphatic rings. The SMILES string of the molecule is Cc1cc(OC(C)C)ccc1NC(=O)c1cccc(I)c1. The van der Waals surface area contributed by atoms with E-state index in [-0.39, 0.29) is 12.0 Å². The second-order valence-corrected chi connectivity index (χ2v) is 6.35. The molecule has 0 fully saturated rings. The fraction of sp³-hybridized carbons (Fsp3) is 0.235. The van der Waals surface area contributed by atoms with Gasteiger partial charge < -0.3 is 10.1 Å². The Morgan fingerprint density at radius 3 is 2.57 bits per heavy atom. The van der Waals surface area contributed by atoms with Crippen molar-refractivity contribution in [2.45, 2.75) is 26.9 Å². The maximum atomic E-state index is 12.2. The molecule has 2 aromatic carbocycles. The van der Waals surface area contributed by atoms with Crippen LogP contribution in [0.3, 0.4) is 0 Å². The molecule has 0 unspecified atom stereocenters. The van der Waals surface area contributed by atoms with Crippen molar-refractivity contribution in [3.8, 4) is 5.75 Å². The predicted molar refractivity (Wildman–Crippen MR) is 94.1 cm³/mol. The van der Waals surface area contributed by atoms with E-state index in [0.29, 0.717) is 5.56 Å². The van der Waals surface area contributed by atoms with E-state index < -0.39 is 0 Å². The fourth-order valence-electron chi connectivity index (χ4n) is 1.95. The van der Waals surface area contributed by atoms with Crippen molar-refractivity contribution in [2.24, 2.45) is 0 Å². The molecular weight excluding hydrogens is 377 g/mol. The van der Waals surface area contributed by atoms with Gasteiger partial charge in [0, 0.05) is 14.8 Å². The molecule has 0 heterocycles. The Bertz CT molecular complexity index is 653. The van der Waals surface area contributed by atoms with E-state index in [0.717, 1.165) is 20.6 Å². The Balaban J connectivity index is 2.14. The van der Waals surface area contributed by atoms with Crippen molar-refractivity contribution >= 4 is 34.2 Å². The molecule has 1 amide bonds. The number of carbonyl (C=O) groups excluding carboxylic acids is 1. The van der Waals surface area contributed by atoms with Crippen LogP contribution < -0.4 is 10.1 Å². The van der Waals surface area contributed by atoms with Crippen LogP contribution in [0.2, 0.25) is 0 Å². The standard InChI is InChI=1S/C17H18INO2/c1-11(2)21-15-7-8-16(12(3)9-15)19-17(20)13-5-4-6-14(18)10-13/h4-11H,1-3H3,(H,19,20). The lowest BCUT2D eigenvalue weighted by molar-refractivity contribution is 0.102.